The number of primary amides is 1. The van der Waals surface area contributed by atoms with Crippen molar-refractivity contribution >= 4 is 23.3 Å². The van der Waals surface area contributed by atoms with Crippen LogP contribution in [0.1, 0.15) is 6.42 Å². The van der Waals surface area contributed by atoms with Crippen molar-refractivity contribution in [1.82, 2.24) is 0 Å². The van der Waals surface area contributed by atoms with Gasteiger partial charge in [0.05, 0.1) is 13.0 Å². The van der Waals surface area contributed by atoms with E-state index >= 15 is 0 Å². The third kappa shape index (κ3) is 5.66. The average Bonchev–Trinajstić information content (AvgIpc) is 2.51. The third-order valence-corrected chi connectivity index (χ3v) is 2.85. The van der Waals surface area contributed by atoms with Crippen molar-refractivity contribution in [3.63, 3.8) is 0 Å². The maximum atomic E-state index is 12.7. The Morgan fingerprint density at radius 2 is 1.52 bits per heavy atom. The van der Waals surface area contributed by atoms with Crippen molar-refractivity contribution < 1.29 is 18.7 Å². The lowest BCUT2D eigenvalue weighted by Crippen LogP contribution is -2.19. The predicted octanol–water partition coefficient (Wildman–Crippen LogP) is 2.72. The minimum atomic E-state index is -0.653. The number of benzene rings is 2. The van der Waals surface area contributed by atoms with Crippen LogP contribution in [0.5, 0.6) is 5.75 Å². The van der Waals surface area contributed by atoms with Gasteiger partial charge in [0, 0.05) is 11.4 Å². The first-order valence-electron chi connectivity index (χ1n) is 6.87. The van der Waals surface area contributed by atoms with E-state index in [4.69, 9.17) is 10.5 Å². The fraction of sp³-hybridized carbons (Fsp3) is 0.125. The highest BCUT2D eigenvalue weighted by atomic mass is 19.1. The van der Waals surface area contributed by atoms with Crippen molar-refractivity contribution in [2.24, 2.45) is 5.73 Å². The van der Waals surface area contributed by atoms with Crippen LogP contribution in [-0.2, 0) is 4.79 Å². The van der Waals surface area contributed by atoms with Gasteiger partial charge in [-0.05, 0) is 48.5 Å². The molecule has 4 N–H and O–H groups in total. The van der Waals surface area contributed by atoms with Crippen LogP contribution in [0.25, 0.3) is 0 Å². The number of carbonyl (C=O) groups excluding carboxylic acids is 2. The minimum absolute atomic E-state index is 0.151. The molecule has 0 heterocycles. The van der Waals surface area contributed by atoms with E-state index in [-0.39, 0.29) is 24.8 Å². The summed E-state index contributed by atoms with van der Waals surface area (Å²) in [6, 6.07) is 11.4. The highest BCUT2D eigenvalue weighted by Crippen LogP contribution is 2.14. The van der Waals surface area contributed by atoms with E-state index in [0.29, 0.717) is 17.1 Å². The number of ether oxygens (including phenoxy) is 1. The molecule has 6 nitrogen and oxygen atoms in total. The lowest BCUT2D eigenvalue weighted by molar-refractivity contribution is -0.116. The zero-order valence-electron chi connectivity index (χ0n) is 12.2. The Labute approximate surface area is 132 Å². The highest BCUT2D eigenvalue weighted by Gasteiger charge is 2.04. The second kappa shape index (κ2) is 7.79. The number of hydrogen-bond donors (Lipinski definition) is 3. The molecule has 3 amide bonds. The topological polar surface area (TPSA) is 93.5 Å². The summed E-state index contributed by atoms with van der Waals surface area (Å²) >= 11 is 0. The Hall–Kier alpha value is -3.09. The van der Waals surface area contributed by atoms with Gasteiger partial charge in [0.2, 0.25) is 5.91 Å². The number of carbonyl (C=O) groups is 2. The monoisotopic (exact) mass is 317 g/mol. The summed E-state index contributed by atoms with van der Waals surface area (Å²) in [5.41, 5.74) is 6.13. The fourth-order valence-electron chi connectivity index (χ4n) is 1.80. The van der Waals surface area contributed by atoms with Crippen LogP contribution >= 0.6 is 0 Å². The van der Waals surface area contributed by atoms with Crippen molar-refractivity contribution in [3.8, 4) is 5.75 Å². The van der Waals surface area contributed by atoms with Gasteiger partial charge in [0.1, 0.15) is 11.6 Å². The molecular formula is C16H16FN3O3. The summed E-state index contributed by atoms with van der Waals surface area (Å²) in [6.07, 6.45) is 0.151. The van der Waals surface area contributed by atoms with Gasteiger partial charge in [-0.1, -0.05) is 0 Å². The molecule has 0 saturated carbocycles. The highest BCUT2D eigenvalue weighted by molar-refractivity contribution is 5.92. The molecule has 0 aliphatic carbocycles. The summed E-state index contributed by atoms with van der Waals surface area (Å²) in [7, 11) is 0. The predicted molar refractivity (Wildman–Crippen MR) is 84.8 cm³/mol. The SMILES string of the molecule is NC(=O)Nc1ccc(NC(=O)CCOc2ccc(F)cc2)cc1. The Morgan fingerprint density at radius 1 is 0.957 bits per heavy atom. The third-order valence-electron chi connectivity index (χ3n) is 2.85. The van der Waals surface area contributed by atoms with Crippen LogP contribution in [-0.4, -0.2) is 18.5 Å². The zero-order valence-corrected chi connectivity index (χ0v) is 12.2. The van der Waals surface area contributed by atoms with E-state index in [1.165, 1.54) is 24.3 Å². The zero-order chi connectivity index (χ0) is 16.7. The first kappa shape index (κ1) is 16.3. The maximum Gasteiger partial charge on any atom is 0.316 e. The van der Waals surface area contributed by atoms with Crippen LogP contribution in [0.15, 0.2) is 48.5 Å². The number of nitrogens with two attached hydrogens (primary N) is 1. The number of hydrogen-bond acceptors (Lipinski definition) is 3. The first-order valence-corrected chi connectivity index (χ1v) is 6.87. The van der Waals surface area contributed by atoms with Crippen molar-refractivity contribution in [3.05, 3.63) is 54.3 Å². The van der Waals surface area contributed by atoms with Gasteiger partial charge in [-0.2, -0.15) is 0 Å². The molecule has 0 bridgehead atoms. The number of anilines is 2. The van der Waals surface area contributed by atoms with Crippen LogP contribution in [0.2, 0.25) is 0 Å². The summed E-state index contributed by atoms with van der Waals surface area (Å²) in [6.45, 7) is 0.179. The Morgan fingerprint density at radius 3 is 2.09 bits per heavy atom. The second-order valence-corrected chi connectivity index (χ2v) is 4.67. The minimum Gasteiger partial charge on any atom is -0.493 e. The van der Waals surface area contributed by atoms with Gasteiger partial charge in [-0.3, -0.25) is 4.79 Å². The molecule has 2 aromatic carbocycles. The molecule has 7 heteroatoms. The molecule has 0 aromatic heterocycles. The molecule has 0 aliphatic rings. The summed E-state index contributed by atoms with van der Waals surface area (Å²) in [4.78, 5) is 22.5. The van der Waals surface area contributed by atoms with Gasteiger partial charge in [-0.25, -0.2) is 9.18 Å². The van der Waals surface area contributed by atoms with Gasteiger partial charge >= 0.3 is 6.03 Å². The largest absolute Gasteiger partial charge is 0.493 e. The van der Waals surface area contributed by atoms with Crippen LogP contribution in [0, 0.1) is 5.82 Å². The standard InChI is InChI=1S/C16H16FN3O3/c17-11-1-7-14(8-2-11)23-10-9-15(21)19-12-3-5-13(6-4-12)20-16(18)22/h1-8H,9-10H2,(H,19,21)(H3,18,20,22). The van der Waals surface area contributed by atoms with E-state index in [9.17, 15) is 14.0 Å². The van der Waals surface area contributed by atoms with Gasteiger partial charge in [0.15, 0.2) is 0 Å². The van der Waals surface area contributed by atoms with Crippen molar-refractivity contribution in [2.45, 2.75) is 6.42 Å². The Balaban J connectivity index is 1.76. The van der Waals surface area contributed by atoms with Crippen LogP contribution in [0.4, 0.5) is 20.6 Å². The fourth-order valence-corrected chi connectivity index (χ4v) is 1.80. The molecule has 0 saturated heterocycles. The van der Waals surface area contributed by atoms with Crippen LogP contribution in [0.3, 0.4) is 0 Å². The van der Waals surface area contributed by atoms with E-state index < -0.39 is 6.03 Å². The lowest BCUT2D eigenvalue weighted by Gasteiger charge is -2.08. The normalized spacial score (nSPS) is 9.96. The maximum absolute atomic E-state index is 12.7. The Bertz CT molecular complexity index is 672. The van der Waals surface area contributed by atoms with Crippen molar-refractivity contribution in [1.29, 1.82) is 0 Å². The molecular weight excluding hydrogens is 301 g/mol. The van der Waals surface area contributed by atoms with Gasteiger partial charge in [0.25, 0.3) is 0 Å². The number of rotatable bonds is 6. The van der Waals surface area contributed by atoms with E-state index in [2.05, 4.69) is 10.6 Å². The number of halogens is 1. The first-order chi connectivity index (χ1) is 11.0. The Kier molecular flexibility index (Phi) is 5.51. The molecule has 2 rings (SSSR count). The molecule has 2 aromatic rings. The molecule has 120 valence electrons. The van der Waals surface area contributed by atoms with Crippen molar-refractivity contribution in [2.75, 3.05) is 17.2 Å². The summed E-state index contributed by atoms with van der Waals surface area (Å²) in [5.74, 6) is -0.0619. The van der Waals surface area contributed by atoms with Gasteiger partial charge in [-0.15, -0.1) is 0 Å². The molecule has 0 spiro atoms. The van der Waals surface area contributed by atoms with E-state index in [1.807, 2.05) is 0 Å². The number of nitrogens with one attached hydrogen (secondary N) is 2. The van der Waals surface area contributed by atoms with E-state index in [0.717, 1.165) is 0 Å². The summed E-state index contributed by atoms with van der Waals surface area (Å²) < 4.78 is 18.1. The summed E-state index contributed by atoms with van der Waals surface area (Å²) in [5, 5.41) is 5.12. The van der Waals surface area contributed by atoms with E-state index in [1.54, 1.807) is 24.3 Å². The lowest BCUT2D eigenvalue weighted by atomic mass is 10.2. The average molecular weight is 317 g/mol. The molecule has 0 fully saturated rings. The molecule has 0 aliphatic heterocycles. The quantitative estimate of drug-likeness (QED) is 0.764. The van der Waals surface area contributed by atoms with Gasteiger partial charge < -0.3 is 21.1 Å². The molecule has 0 atom stereocenters. The second-order valence-electron chi connectivity index (χ2n) is 4.67. The number of amides is 3. The smallest absolute Gasteiger partial charge is 0.316 e. The van der Waals surface area contributed by atoms with Crippen LogP contribution < -0.4 is 21.1 Å². The number of urea groups is 1. The molecule has 0 unspecified atom stereocenters. The molecule has 23 heavy (non-hydrogen) atoms. The molecule has 0 radical (unpaired) electrons.